The molecule has 2 heteroatoms. The van der Waals surface area contributed by atoms with Crippen LogP contribution in [0.5, 0.6) is 0 Å². The Labute approximate surface area is 79.6 Å². The molecule has 0 aromatic carbocycles. The summed E-state index contributed by atoms with van der Waals surface area (Å²) in [6, 6.07) is 0. The summed E-state index contributed by atoms with van der Waals surface area (Å²) in [5.74, 6) is -0.331. The average molecular weight is 180 g/mol. The van der Waals surface area contributed by atoms with Crippen molar-refractivity contribution in [3.63, 3.8) is 0 Å². The minimum Gasteiger partial charge on any atom is -0.466 e. The summed E-state index contributed by atoms with van der Waals surface area (Å²) < 4.78 is 4.42. The molecule has 0 amide bonds. The van der Waals surface area contributed by atoms with Crippen molar-refractivity contribution in [2.45, 2.75) is 19.8 Å². The molecule has 0 fully saturated rings. The molecule has 0 atom stereocenters. The molecule has 0 radical (unpaired) electrons. The average Bonchev–Trinajstić information content (AvgIpc) is 2.16. The van der Waals surface area contributed by atoms with E-state index in [0.29, 0.717) is 0 Å². The molecule has 0 aromatic rings. The summed E-state index contributed by atoms with van der Waals surface area (Å²) in [7, 11) is 1.36. The van der Waals surface area contributed by atoms with Crippen LogP contribution in [0.4, 0.5) is 0 Å². The minimum absolute atomic E-state index is 0.331. The minimum atomic E-state index is -0.331. The molecule has 0 aromatic heterocycles. The summed E-state index contributed by atoms with van der Waals surface area (Å²) in [6.07, 6.45) is 13.0. The molecule has 0 spiro atoms. The van der Waals surface area contributed by atoms with Gasteiger partial charge in [-0.25, -0.2) is 4.79 Å². The van der Waals surface area contributed by atoms with E-state index in [9.17, 15) is 4.79 Å². The molecule has 13 heavy (non-hydrogen) atoms. The van der Waals surface area contributed by atoms with E-state index in [4.69, 9.17) is 0 Å². The van der Waals surface area contributed by atoms with E-state index < -0.39 is 0 Å². The Morgan fingerprint density at radius 2 is 1.92 bits per heavy atom. The first-order valence-corrected chi connectivity index (χ1v) is 4.39. The number of unbranched alkanes of at least 4 members (excludes halogenated alkanes) is 1. The Morgan fingerprint density at radius 3 is 2.54 bits per heavy atom. The Hall–Kier alpha value is -1.31. The van der Waals surface area contributed by atoms with Crippen molar-refractivity contribution in [3.8, 4) is 0 Å². The predicted molar refractivity (Wildman–Crippen MR) is 54.3 cm³/mol. The van der Waals surface area contributed by atoms with Gasteiger partial charge in [-0.05, 0) is 6.42 Å². The van der Waals surface area contributed by atoms with Crippen molar-refractivity contribution in [1.82, 2.24) is 0 Å². The number of ether oxygens (including phenoxy) is 1. The van der Waals surface area contributed by atoms with Crippen LogP contribution in [0.1, 0.15) is 19.8 Å². The van der Waals surface area contributed by atoms with Crippen LogP contribution in [-0.4, -0.2) is 13.1 Å². The number of rotatable bonds is 5. The summed E-state index contributed by atoms with van der Waals surface area (Å²) in [5, 5.41) is 0. The first kappa shape index (κ1) is 11.7. The molecule has 0 saturated carbocycles. The summed E-state index contributed by atoms with van der Waals surface area (Å²) in [6.45, 7) is 2.13. The van der Waals surface area contributed by atoms with Crippen LogP contribution in [-0.2, 0) is 9.53 Å². The highest BCUT2D eigenvalue weighted by Crippen LogP contribution is 1.89. The van der Waals surface area contributed by atoms with Gasteiger partial charge < -0.3 is 4.74 Å². The van der Waals surface area contributed by atoms with Gasteiger partial charge in [-0.2, -0.15) is 0 Å². The molecule has 0 aliphatic carbocycles. The zero-order valence-corrected chi connectivity index (χ0v) is 8.19. The molecular weight excluding hydrogens is 164 g/mol. The van der Waals surface area contributed by atoms with Gasteiger partial charge in [0.2, 0.25) is 0 Å². The number of methoxy groups -OCH3 is 1. The summed E-state index contributed by atoms with van der Waals surface area (Å²) in [5.41, 5.74) is 0. The number of allylic oxidation sites excluding steroid dienone is 5. The molecular formula is C11H16O2. The van der Waals surface area contributed by atoms with Crippen LogP contribution in [0.25, 0.3) is 0 Å². The number of hydrogen-bond donors (Lipinski definition) is 0. The van der Waals surface area contributed by atoms with E-state index in [1.54, 1.807) is 12.2 Å². The van der Waals surface area contributed by atoms with E-state index in [0.717, 1.165) is 12.8 Å². The Balaban J connectivity index is 3.62. The summed E-state index contributed by atoms with van der Waals surface area (Å²) in [4.78, 5) is 10.6. The second kappa shape index (κ2) is 8.78. The monoisotopic (exact) mass is 180 g/mol. The van der Waals surface area contributed by atoms with E-state index in [1.807, 2.05) is 12.2 Å². The summed E-state index contributed by atoms with van der Waals surface area (Å²) >= 11 is 0. The molecule has 0 N–H and O–H groups in total. The normalized spacial score (nSPS) is 11.8. The molecule has 0 aliphatic heterocycles. The third-order valence-electron chi connectivity index (χ3n) is 1.36. The lowest BCUT2D eigenvalue weighted by atomic mass is 10.3. The lowest BCUT2D eigenvalue weighted by Crippen LogP contribution is -1.92. The number of hydrogen-bond acceptors (Lipinski definition) is 2. The largest absolute Gasteiger partial charge is 0.466 e. The highest BCUT2D eigenvalue weighted by Gasteiger charge is 1.85. The molecule has 0 bridgehead atoms. The fourth-order valence-electron chi connectivity index (χ4n) is 0.672. The number of esters is 1. The molecule has 0 rings (SSSR count). The maximum atomic E-state index is 10.6. The van der Waals surface area contributed by atoms with Crippen molar-refractivity contribution < 1.29 is 9.53 Å². The third kappa shape index (κ3) is 8.60. The molecule has 0 saturated heterocycles. The van der Waals surface area contributed by atoms with Gasteiger partial charge in [0, 0.05) is 6.08 Å². The van der Waals surface area contributed by atoms with Gasteiger partial charge in [-0.15, -0.1) is 0 Å². The smallest absolute Gasteiger partial charge is 0.330 e. The highest BCUT2D eigenvalue weighted by molar-refractivity contribution is 5.82. The van der Waals surface area contributed by atoms with Crippen LogP contribution in [0.3, 0.4) is 0 Å². The number of carbonyl (C=O) groups is 1. The zero-order chi connectivity index (χ0) is 9.94. The van der Waals surface area contributed by atoms with E-state index >= 15 is 0 Å². The van der Waals surface area contributed by atoms with Crippen molar-refractivity contribution in [2.75, 3.05) is 7.11 Å². The maximum absolute atomic E-state index is 10.6. The van der Waals surface area contributed by atoms with Gasteiger partial charge in [0.25, 0.3) is 0 Å². The van der Waals surface area contributed by atoms with Gasteiger partial charge in [-0.1, -0.05) is 43.7 Å². The van der Waals surface area contributed by atoms with Gasteiger partial charge in [-0.3, -0.25) is 0 Å². The quantitative estimate of drug-likeness (QED) is 0.369. The second-order valence-electron chi connectivity index (χ2n) is 2.48. The third-order valence-corrected chi connectivity index (χ3v) is 1.36. The first-order valence-electron chi connectivity index (χ1n) is 4.39. The van der Waals surface area contributed by atoms with Gasteiger partial charge in [0.1, 0.15) is 0 Å². The van der Waals surface area contributed by atoms with Crippen molar-refractivity contribution in [3.05, 3.63) is 36.5 Å². The molecule has 0 aliphatic rings. The van der Waals surface area contributed by atoms with Crippen molar-refractivity contribution in [1.29, 1.82) is 0 Å². The van der Waals surface area contributed by atoms with Crippen LogP contribution < -0.4 is 0 Å². The number of carbonyl (C=O) groups excluding carboxylic acids is 1. The van der Waals surface area contributed by atoms with Gasteiger partial charge in [0.05, 0.1) is 7.11 Å². The van der Waals surface area contributed by atoms with E-state index in [2.05, 4.69) is 17.7 Å². The van der Waals surface area contributed by atoms with Crippen molar-refractivity contribution >= 4 is 5.97 Å². The standard InChI is InChI=1S/C11H16O2/c1-3-4-5-6-7-8-9-10-11(12)13-2/h5-10H,3-4H2,1-2H3/b6-5-,8-7-,10-9+. The fourth-order valence-corrected chi connectivity index (χ4v) is 0.672. The first-order chi connectivity index (χ1) is 6.31. The van der Waals surface area contributed by atoms with E-state index in [1.165, 1.54) is 13.2 Å². The van der Waals surface area contributed by atoms with Gasteiger partial charge in [0.15, 0.2) is 0 Å². The molecule has 72 valence electrons. The molecule has 2 nitrogen and oxygen atoms in total. The van der Waals surface area contributed by atoms with Gasteiger partial charge >= 0.3 is 5.97 Å². The van der Waals surface area contributed by atoms with Crippen LogP contribution >= 0.6 is 0 Å². The second-order valence-corrected chi connectivity index (χ2v) is 2.48. The lowest BCUT2D eigenvalue weighted by molar-refractivity contribution is -0.134. The van der Waals surface area contributed by atoms with Crippen LogP contribution in [0.2, 0.25) is 0 Å². The zero-order valence-electron chi connectivity index (χ0n) is 8.19. The lowest BCUT2D eigenvalue weighted by Gasteiger charge is -1.85. The van der Waals surface area contributed by atoms with E-state index in [-0.39, 0.29) is 5.97 Å². The SMILES string of the molecule is CCC\C=C/C=C\C=C\C(=O)OC. The topological polar surface area (TPSA) is 26.3 Å². The van der Waals surface area contributed by atoms with Crippen LogP contribution in [0, 0.1) is 0 Å². The Morgan fingerprint density at radius 1 is 1.23 bits per heavy atom. The maximum Gasteiger partial charge on any atom is 0.330 e. The van der Waals surface area contributed by atoms with Crippen molar-refractivity contribution in [2.24, 2.45) is 0 Å². The Kier molecular flexibility index (Phi) is 7.90. The highest BCUT2D eigenvalue weighted by atomic mass is 16.5. The molecule has 0 unspecified atom stereocenters. The van der Waals surface area contributed by atoms with Crippen LogP contribution in [0.15, 0.2) is 36.5 Å². The Bertz CT molecular complexity index is 212. The predicted octanol–water partition coefficient (Wildman–Crippen LogP) is 2.63. The fraction of sp³-hybridized carbons (Fsp3) is 0.364. The molecule has 0 heterocycles.